The molecule has 4 heteroatoms. The number of amides is 1. The molecule has 0 fully saturated rings. The molecule has 0 aromatic heterocycles. The lowest BCUT2D eigenvalue weighted by Gasteiger charge is -2.11. The molecule has 1 atom stereocenters. The van der Waals surface area contributed by atoms with Gasteiger partial charge in [0.1, 0.15) is 6.04 Å². The zero-order valence-corrected chi connectivity index (χ0v) is 10.8. The Balaban J connectivity index is 1.80. The Morgan fingerprint density at radius 3 is 3.12 bits per heavy atom. The van der Waals surface area contributed by atoms with Gasteiger partial charge in [0, 0.05) is 18.7 Å². The Bertz CT molecular complexity index is 370. The van der Waals surface area contributed by atoms with Crippen molar-refractivity contribution < 1.29 is 4.79 Å². The molecular formula is C13H18N2OS. The van der Waals surface area contributed by atoms with Crippen LogP contribution in [0.4, 0.5) is 5.69 Å². The zero-order valence-electron chi connectivity index (χ0n) is 10.0. The molecule has 0 spiro atoms. The van der Waals surface area contributed by atoms with Gasteiger partial charge in [0.05, 0.1) is 0 Å². The van der Waals surface area contributed by atoms with E-state index in [9.17, 15) is 4.79 Å². The molecule has 1 aromatic rings. The summed E-state index contributed by atoms with van der Waals surface area (Å²) in [5.41, 5.74) is 2.33. The maximum Gasteiger partial charge on any atom is 0.242 e. The van der Waals surface area contributed by atoms with Crippen LogP contribution in [0.2, 0.25) is 0 Å². The fourth-order valence-electron chi connectivity index (χ4n) is 2.01. The molecule has 0 radical (unpaired) electrons. The van der Waals surface area contributed by atoms with E-state index in [1.165, 1.54) is 5.56 Å². The van der Waals surface area contributed by atoms with Crippen molar-refractivity contribution in [3.63, 3.8) is 0 Å². The van der Waals surface area contributed by atoms with Gasteiger partial charge in [0.15, 0.2) is 0 Å². The SMILES string of the molecule is CSCCCNC(=O)[C@@H]1Cc2ccccc2N1. The van der Waals surface area contributed by atoms with Gasteiger partial charge in [-0.05, 0) is 30.1 Å². The molecule has 2 N–H and O–H groups in total. The number of anilines is 1. The van der Waals surface area contributed by atoms with E-state index in [1.807, 2.05) is 30.0 Å². The number of rotatable bonds is 5. The first-order chi connectivity index (χ1) is 8.31. The maximum atomic E-state index is 11.9. The van der Waals surface area contributed by atoms with Gasteiger partial charge in [-0.2, -0.15) is 11.8 Å². The van der Waals surface area contributed by atoms with E-state index >= 15 is 0 Å². The first-order valence-electron chi connectivity index (χ1n) is 5.92. The molecule has 0 saturated heterocycles. The molecule has 17 heavy (non-hydrogen) atoms. The van der Waals surface area contributed by atoms with Gasteiger partial charge in [-0.3, -0.25) is 4.79 Å². The van der Waals surface area contributed by atoms with Crippen molar-refractivity contribution in [1.82, 2.24) is 5.32 Å². The van der Waals surface area contributed by atoms with Crippen molar-refractivity contribution >= 4 is 23.4 Å². The molecule has 1 aliphatic heterocycles. The van der Waals surface area contributed by atoms with E-state index in [0.717, 1.165) is 30.8 Å². The summed E-state index contributed by atoms with van der Waals surface area (Å²) in [5, 5.41) is 6.24. The monoisotopic (exact) mass is 250 g/mol. The highest BCUT2D eigenvalue weighted by Crippen LogP contribution is 2.24. The van der Waals surface area contributed by atoms with Crippen molar-refractivity contribution in [2.45, 2.75) is 18.9 Å². The van der Waals surface area contributed by atoms with Crippen molar-refractivity contribution in [3.8, 4) is 0 Å². The Morgan fingerprint density at radius 1 is 1.53 bits per heavy atom. The average Bonchev–Trinajstić information content (AvgIpc) is 2.78. The third-order valence-corrected chi connectivity index (χ3v) is 3.61. The summed E-state index contributed by atoms with van der Waals surface area (Å²) < 4.78 is 0. The van der Waals surface area contributed by atoms with Crippen LogP contribution in [0.1, 0.15) is 12.0 Å². The largest absolute Gasteiger partial charge is 0.373 e. The van der Waals surface area contributed by atoms with Crippen molar-refractivity contribution in [2.24, 2.45) is 0 Å². The summed E-state index contributed by atoms with van der Waals surface area (Å²) in [7, 11) is 0. The summed E-state index contributed by atoms with van der Waals surface area (Å²) in [6.45, 7) is 0.772. The number of carbonyl (C=O) groups excluding carboxylic acids is 1. The Kier molecular flexibility index (Phi) is 4.31. The fraction of sp³-hybridized carbons (Fsp3) is 0.462. The maximum absolute atomic E-state index is 11.9. The minimum absolute atomic E-state index is 0.0957. The highest BCUT2D eigenvalue weighted by molar-refractivity contribution is 7.98. The summed E-state index contributed by atoms with van der Waals surface area (Å²) >= 11 is 1.81. The average molecular weight is 250 g/mol. The minimum atomic E-state index is -0.0957. The number of hydrogen-bond donors (Lipinski definition) is 2. The number of nitrogens with one attached hydrogen (secondary N) is 2. The third kappa shape index (κ3) is 3.16. The molecule has 1 amide bonds. The molecule has 92 valence electrons. The van der Waals surface area contributed by atoms with Crippen molar-refractivity contribution in [2.75, 3.05) is 23.9 Å². The van der Waals surface area contributed by atoms with Crippen LogP contribution in [-0.4, -0.2) is 30.5 Å². The molecule has 3 nitrogen and oxygen atoms in total. The van der Waals surface area contributed by atoms with Crippen LogP contribution in [0, 0.1) is 0 Å². The van der Waals surface area contributed by atoms with E-state index in [0.29, 0.717) is 0 Å². The van der Waals surface area contributed by atoms with Gasteiger partial charge < -0.3 is 10.6 Å². The molecule has 0 unspecified atom stereocenters. The second-order valence-electron chi connectivity index (χ2n) is 4.20. The van der Waals surface area contributed by atoms with Gasteiger partial charge in [-0.25, -0.2) is 0 Å². The van der Waals surface area contributed by atoms with Crippen LogP contribution in [0.15, 0.2) is 24.3 Å². The number of carbonyl (C=O) groups is 1. The topological polar surface area (TPSA) is 41.1 Å². The highest BCUT2D eigenvalue weighted by Gasteiger charge is 2.25. The minimum Gasteiger partial charge on any atom is -0.373 e. The third-order valence-electron chi connectivity index (χ3n) is 2.91. The lowest BCUT2D eigenvalue weighted by molar-refractivity contribution is -0.121. The first kappa shape index (κ1) is 12.3. The van der Waals surface area contributed by atoms with E-state index in [4.69, 9.17) is 0 Å². The number of thioether (sulfide) groups is 1. The van der Waals surface area contributed by atoms with Crippen molar-refractivity contribution in [3.05, 3.63) is 29.8 Å². The van der Waals surface area contributed by atoms with Crippen LogP contribution >= 0.6 is 11.8 Å². The lowest BCUT2D eigenvalue weighted by atomic mass is 10.1. The normalized spacial score (nSPS) is 17.4. The van der Waals surface area contributed by atoms with Gasteiger partial charge in [0.2, 0.25) is 5.91 Å². The number of fused-ring (bicyclic) bond motifs is 1. The lowest BCUT2D eigenvalue weighted by Crippen LogP contribution is -2.38. The molecule has 0 aliphatic carbocycles. The number of hydrogen-bond acceptors (Lipinski definition) is 3. The van der Waals surface area contributed by atoms with Crippen LogP contribution < -0.4 is 10.6 Å². The highest BCUT2D eigenvalue weighted by atomic mass is 32.2. The van der Waals surface area contributed by atoms with Crippen molar-refractivity contribution in [1.29, 1.82) is 0 Å². The fourth-order valence-corrected chi connectivity index (χ4v) is 2.44. The van der Waals surface area contributed by atoms with Crippen LogP contribution in [0.3, 0.4) is 0 Å². The Hall–Kier alpha value is -1.16. The zero-order chi connectivity index (χ0) is 12.1. The molecule has 2 rings (SSSR count). The second kappa shape index (κ2) is 5.96. The quantitative estimate of drug-likeness (QED) is 0.784. The van der Waals surface area contributed by atoms with Crippen LogP contribution in [-0.2, 0) is 11.2 Å². The summed E-state index contributed by atoms with van der Waals surface area (Å²) in [4.78, 5) is 11.9. The number of para-hydroxylation sites is 1. The number of benzene rings is 1. The molecule has 0 saturated carbocycles. The van der Waals surface area contributed by atoms with Gasteiger partial charge in [-0.1, -0.05) is 18.2 Å². The predicted molar refractivity (Wildman–Crippen MR) is 73.6 cm³/mol. The molecule has 1 aromatic carbocycles. The second-order valence-corrected chi connectivity index (χ2v) is 5.18. The Labute approximate surface area is 106 Å². The summed E-state index contributed by atoms with van der Waals surface area (Å²) in [6, 6.07) is 8.01. The van der Waals surface area contributed by atoms with Gasteiger partial charge in [0.25, 0.3) is 0 Å². The molecule has 1 aliphatic rings. The molecule has 0 bridgehead atoms. The van der Waals surface area contributed by atoms with E-state index in [-0.39, 0.29) is 11.9 Å². The Morgan fingerprint density at radius 2 is 2.35 bits per heavy atom. The summed E-state index contributed by atoms with van der Waals surface area (Å²) in [5.74, 6) is 1.21. The predicted octanol–water partition coefficient (Wildman–Crippen LogP) is 1.89. The molecular weight excluding hydrogens is 232 g/mol. The summed E-state index contributed by atoms with van der Waals surface area (Å²) in [6.07, 6.45) is 3.91. The van der Waals surface area contributed by atoms with E-state index < -0.39 is 0 Å². The standard InChI is InChI=1S/C13H18N2OS/c1-17-8-4-7-14-13(16)12-9-10-5-2-3-6-11(10)15-12/h2-3,5-6,12,15H,4,7-9H2,1H3,(H,14,16)/t12-/m0/s1. The van der Waals surface area contributed by atoms with Gasteiger partial charge in [-0.15, -0.1) is 0 Å². The van der Waals surface area contributed by atoms with E-state index in [2.05, 4.69) is 23.0 Å². The van der Waals surface area contributed by atoms with Crippen LogP contribution in [0.5, 0.6) is 0 Å². The van der Waals surface area contributed by atoms with Gasteiger partial charge >= 0.3 is 0 Å². The smallest absolute Gasteiger partial charge is 0.242 e. The molecule has 1 heterocycles. The van der Waals surface area contributed by atoms with E-state index in [1.54, 1.807) is 0 Å². The first-order valence-corrected chi connectivity index (χ1v) is 7.31. The van der Waals surface area contributed by atoms with Crippen LogP contribution in [0.25, 0.3) is 0 Å².